The fourth-order valence-electron chi connectivity index (χ4n) is 4.10. The SMILES string of the molecule is CS(=O)(=O)N1CCC(C(=O)Nc2cc(N3CCN(c4ccccc4)CC3)ncn2)CC1. The van der Waals surface area contributed by atoms with Crippen LogP contribution in [0, 0.1) is 5.92 Å². The standard InChI is InChI=1S/C21H28N6O3S/c1-31(29,30)27-9-7-17(8-10-27)21(28)24-19-15-20(23-16-22-19)26-13-11-25(12-14-26)18-5-3-2-4-6-18/h2-6,15-17H,7-14H2,1H3,(H,22,23,24,28). The third-order valence-corrected chi connectivity index (χ3v) is 7.23. The number of aromatic nitrogens is 2. The second kappa shape index (κ2) is 9.19. The maximum atomic E-state index is 12.7. The minimum atomic E-state index is -3.20. The first-order valence-electron chi connectivity index (χ1n) is 10.5. The summed E-state index contributed by atoms with van der Waals surface area (Å²) in [5, 5.41) is 2.88. The molecule has 1 N–H and O–H groups in total. The number of para-hydroxylation sites is 1. The molecule has 1 aromatic heterocycles. The molecule has 2 fully saturated rings. The number of sulfonamides is 1. The Labute approximate surface area is 183 Å². The van der Waals surface area contributed by atoms with Crippen molar-refractivity contribution < 1.29 is 13.2 Å². The number of nitrogens with zero attached hydrogens (tertiary/aromatic N) is 5. The molecule has 4 rings (SSSR count). The Morgan fingerprint density at radius 3 is 2.26 bits per heavy atom. The quantitative estimate of drug-likeness (QED) is 0.745. The zero-order valence-electron chi connectivity index (χ0n) is 17.6. The molecule has 0 radical (unpaired) electrons. The van der Waals surface area contributed by atoms with Crippen LogP contribution in [0.5, 0.6) is 0 Å². The Bertz CT molecular complexity index is 1000. The van der Waals surface area contributed by atoms with Gasteiger partial charge in [0, 0.05) is 56.9 Å². The van der Waals surface area contributed by atoms with Crippen LogP contribution in [0.2, 0.25) is 0 Å². The van der Waals surface area contributed by atoms with Crippen LogP contribution in [0.4, 0.5) is 17.3 Å². The molecule has 0 unspecified atom stereocenters. The van der Waals surface area contributed by atoms with Crippen molar-refractivity contribution in [2.75, 3.05) is 60.6 Å². The zero-order valence-corrected chi connectivity index (χ0v) is 18.5. The predicted molar refractivity (Wildman–Crippen MR) is 121 cm³/mol. The van der Waals surface area contributed by atoms with E-state index in [1.165, 1.54) is 22.6 Å². The Balaban J connectivity index is 1.32. The van der Waals surface area contributed by atoms with Crippen molar-refractivity contribution >= 4 is 33.3 Å². The third-order valence-electron chi connectivity index (χ3n) is 5.92. The fraction of sp³-hybridized carbons (Fsp3) is 0.476. The highest BCUT2D eigenvalue weighted by Crippen LogP contribution is 2.23. The maximum Gasteiger partial charge on any atom is 0.228 e. The summed E-state index contributed by atoms with van der Waals surface area (Å²) >= 11 is 0. The molecule has 2 aromatic rings. The van der Waals surface area contributed by atoms with Crippen LogP contribution in [-0.2, 0) is 14.8 Å². The Kier molecular flexibility index (Phi) is 6.38. The molecule has 0 aliphatic carbocycles. The molecule has 1 amide bonds. The van der Waals surface area contributed by atoms with Crippen LogP contribution in [0.15, 0.2) is 42.7 Å². The average Bonchev–Trinajstić information content (AvgIpc) is 2.79. The largest absolute Gasteiger partial charge is 0.368 e. The highest BCUT2D eigenvalue weighted by Gasteiger charge is 2.29. The van der Waals surface area contributed by atoms with Crippen LogP contribution in [0.1, 0.15) is 12.8 Å². The molecular weight excluding hydrogens is 416 g/mol. The van der Waals surface area contributed by atoms with Crippen LogP contribution in [-0.4, -0.2) is 74.1 Å². The molecule has 0 spiro atoms. The summed E-state index contributed by atoms with van der Waals surface area (Å²) in [6.45, 7) is 4.21. The van der Waals surface area contributed by atoms with Gasteiger partial charge in [0.15, 0.2) is 0 Å². The molecule has 2 saturated heterocycles. The summed E-state index contributed by atoms with van der Waals surface area (Å²) < 4.78 is 24.7. The van der Waals surface area contributed by atoms with E-state index in [9.17, 15) is 13.2 Å². The number of carbonyl (C=O) groups is 1. The molecule has 2 aliphatic rings. The van der Waals surface area contributed by atoms with Gasteiger partial charge in [0.1, 0.15) is 18.0 Å². The van der Waals surface area contributed by atoms with Gasteiger partial charge in [-0.15, -0.1) is 0 Å². The van der Waals surface area contributed by atoms with E-state index < -0.39 is 10.0 Å². The van der Waals surface area contributed by atoms with Crippen molar-refractivity contribution in [2.24, 2.45) is 5.92 Å². The number of benzene rings is 1. The summed E-state index contributed by atoms with van der Waals surface area (Å²) in [4.78, 5) is 25.8. The number of rotatable bonds is 5. The van der Waals surface area contributed by atoms with Gasteiger partial charge in [-0.05, 0) is 25.0 Å². The summed E-state index contributed by atoms with van der Waals surface area (Å²) in [6, 6.07) is 12.2. The number of piperidine rings is 1. The number of carbonyl (C=O) groups excluding carboxylic acids is 1. The molecule has 9 nitrogen and oxygen atoms in total. The third kappa shape index (κ3) is 5.31. The van der Waals surface area contributed by atoms with Crippen molar-refractivity contribution in [2.45, 2.75) is 12.8 Å². The number of hydrogen-bond acceptors (Lipinski definition) is 7. The van der Waals surface area contributed by atoms with Crippen molar-refractivity contribution in [1.82, 2.24) is 14.3 Å². The van der Waals surface area contributed by atoms with Gasteiger partial charge in [0.25, 0.3) is 0 Å². The lowest BCUT2D eigenvalue weighted by Crippen LogP contribution is -2.46. The molecule has 2 aliphatic heterocycles. The zero-order chi connectivity index (χ0) is 21.8. The van der Waals surface area contributed by atoms with Crippen LogP contribution in [0.25, 0.3) is 0 Å². The van der Waals surface area contributed by atoms with Gasteiger partial charge >= 0.3 is 0 Å². The monoisotopic (exact) mass is 444 g/mol. The van der Waals surface area contributed by atoms with Crippen molar-refractivity contribution in [3.05, 3.63) is 42.7 Å². The number of piperazine rings is 1. The predicted octanol–water partition coefficient (Wildman–Crippen LogP) is 1.41. The smallest absolute Gasteiger partial charge is 0.228 e. The summed E-state index contributed by atoms with van der Waals surface area (Å²) in [7, 11) is -3.20. The topological polar surface area (TPSA) is 98.7 Å². The fourth-order valence-corrected chi connectivity index (χ4v) is 4.97. The highest BCUT2D eigenvalue weighted by molar-refractivity contribution is 7.88. The van der Waals surface area contributed by atoms with Crippen LogP contribution in [0.3, 0.4) is 0 Å². The molecule has 3 heterocycles. The molecule has 0 saturated carbocycles. The van der Waals surface area contributed by atoms with E-state index >= 15 is 0 Å². The second-order valence-corrected chi connectivity index (χ2v) is 9.98. The molecular formula is C21H28N6O3S. The Morgan fingerprint density at radius 1 is 0.968 bits per heavy atom. The van der Waals surface area contributed by atoms with Crippen molar-refractivity contribution in [3.63, 3.8) is 0 Å². The summed E-state index contributed by atoms with van der Waals surface area (Å²) in [5.41, 5.74) is 1.22. The van der Waals surface area contributed by atoms with Crippen molar-refractivity contribution in [3.8, 4) is 0 Å². The van der Waals surface area contributed by atoms with Gasteiger partial charge in [0.2, 0.25) is 15.9 Å². The van der Waals surface area contributed by atoms with Gasteiger partial charge in [0.05, 0.1) is 6.26 Å². The lowest BCUT2D eigenvalue weighted by atomic mass is 9.97. The van der Waals surface area contributed by atoms with Gasteiger partial charge < -0.3 is 15.1 Å². The van der Waals surface area contributed by atoms with Crippen LogP contribution < -0.4 is 15.1 Å². The van der Waals surface area contributed by atoms with Crippen molar-refractivity contribution in [1.29, 1.82) is 0 Å². The van der Waals surface area contributed by atoms with E-state index in [1.807, 2.05) is 24.3 Å². The minimum absolute atomic E-state index is 0.119. The number of nitrogens with one attached hydrogen (secondary N) is 1. The van der Waals surface area contributed by atoms with Gasteiger partial charge in [-0.3, -0.25) is 4.79 Å². The van der Waals surface area contributed by atoms with E-state index in [1.54, 1.807) is 0 Å². The van der Waals surface area contributed by atoms with Gasteiger partial charge in [-0.2, -0.15) is 0 Å². The Hall–Kier alpha value is -2.72. The molecule has 10 heteroatoms. The summed E-state index contributed by atoms with van der Waals surface area (Å²) in [5.74, 6) is 0.938. The van der Waals surface area contributed by atoms with E-state index in [-0.39, 0.29) is 11.8 Å². The van der Waals surface area contributed by atoms with Gasteiger partial charge in [-0.1, -0.05) is 18.2 Å². The van der Waals surface area contributed by atoms with E-state index in [0.29, 0.717) is 31.7 Å². The normalized spacial score (nSPS) is 18.7. The van der Waals surface area contributed by atoms with Crippen LogP contribution >= 0.6 is 0 Å². The average molecular weight is 445 g/mol. The lowest BCUT2D eigenvalue weighted by molar-refractivity contribution is -0.120. The minimum Gasteiger partial charge on any atom is -0.368 e. The molecule has 31 heavy (non-hydrogen) atoms. The number of anilines is 3. The van der Waals surface area contributed by atoms with E-state index in [2.05, 4.69) is 37.2 Å². The van der Waals surface area contributed by atoms with E-state index in [4.69, 9.17) is 0 Å². The second-order valence-electron chi connectivity index (χ2n) is 8.00. The summed E-state index contributed by atoms with van der Waals surface area (Å²) in [6.07, 6.45) is 3.70. The first-order valence-corrected chi connectivity index (χ1v) is 12.4. The lowest BCUT2D eigenvalue weighted by Gasteiger charge is -2.36. The number of hydrogen-bond donors (Lipinski definition) is 1. The number of amides is 1. The molecule has 1 aromatic carbocycles. The molecule has 166 valence electrons. The highest BCUT2D eigenvalue weighted by atomic mass is 32.2. The first kappa shape index (κ1) is 21.5. The first-order chi connectivity index (χ1) is 14.9. The molecule has 0 bridgehead atoms. The maximum absolute atomic E-state index is 12.7. The Morgan fingerprint density at radius 2 is 1.61 bits per heavy atom. The van der Waals surface area contributed by atoms with Gasteiger partial charge in [-0.25, -0.2) is 22.7 Å². The molecule has 0 atom stereocenters. The van der Waals surface area contributed by atoms with E-state index in [0.717, 1.165) is 32.0 Å².